The number of carbonyl (C=O) groups excluding carboxylic acids is 1. The Morgan fingerprint density at radius 1 is 1.53 bits per heavy atom. The Hall–Kier alpha value is -1.96. The number of nitriles is 1. The van der Waals surface area contributed by atoms with Gasteiger partial charge in [0.25, 0.3) is 0 Å². The minimum atomic E-state index is 0.0851. The maximum Gasteiger partial charge on any atom is 0.220 e. The van der Waals surface area contributed by atoms with Gasteiger partial charge in [0.05, 0.1) is 11.6 Å². The minimum absolute atomic E-state index is 0.0851. The molecule has 1 atom stereocenters. The van der Waals surface area contributed by atoms with Crippen molar-refractivity contribution in [1.29, 1.82) is 5.26 Å². The van der Waals surface area contributed by atoms with Gasteiger partial charge in [-0.2, -0.15) is 5.26 Å². The normalized spacial score (nSPS) is 19.8. The molecule has 5 heteroatoms. The molecule has 1 fully saturated rings. The molecule has 1 amide bonds. The lowest BCUT2D eigenvalue weighted by molar-refractivity contribution is -0.122. The SMILES string of the molecule is Cc1c(C#N)c(N)n(C2CCC(=O)NC2)c1C. The zero-order valence-corrected chi connectivity index (χ0v) is 10.1. The monoisotopic (exact) mass is 232 g/mol. The van der Waals surface area contributed by atoms with Gasteiger partial charge in [-0.15, -0.1) is 0 Å². The topological polar surface area (TPSA) is 83.8 Å². The molecule has 5 nitrogen and oxygen atoms in total. The summed E-state index contributed by atoms with van der Waals surface area (Å²) in [5, 5.41) is 11.9. The van der Waals surface area contributed by atoms with E-state index in [9.17, 15) is 4.79 Å². The summed E-state index contributed by atoms with van der Waals surface area (Å²) in [6.45, 7) is 4.45. The van der Waals surface area contributed by atoms with E-state index in [2.05, 4.69) is 11.4 Å². The van der Waals surface area contributed by atoms with Gasteiger partial charge in [0.15, 0.2) is 0 Å². The maximum absolute atomic E-state index is 11.1. The van der Waals surface area contributed by atoms with E-state index in [4.69, 9.17) is 11.0 Å². The first-order valence-corrected chi connectivity index (χ1v) is 5.70. The van der Waals surface area contributed by atoms with Gasteiger partial charge in [-0.25, -0.2) is 0 Å². The summed E-state index contributed by atoms with van der Waals surface area (Å²) in [7, 11) is 0. The molecule has 0 bridgehead atoms. The average molecular weight is 232 g/mol. The van der Waals surface area contributed by atoms with Crippen LogP contribution in [0, 0.1) is 25.2 Å². The standard InChI is InChI=1S/C12H16N4O/c1-7-8(2)16(12(14)10(7)5-13)9-3-4-11(17)15-6-9/h9H,3-4,6,14H2,1-2H3,(H,15,17). The Labute approximate surface area is 100 Å². The number of rotatable bonds is 1. The van der Waals surface area contributed by atoms with E-state index in [1.807, 2.05) is 18.4 Å². The highest BCUT2D eigenvalue weighted by Gasteiger charge is 2.25. The third-order valence-electron chi connectivity index (χ3n) is 3.51. The summed E-state index contributed by atoms with van der Waals surface area (Å²) in [4.78, 5) is 11.1. The Morgan fingerprint density at radius 3 is 2.71 bits per heavy atom. The highest BCUT2D eigenvalue weighted by molar-refractivity contribution is 5.76. The van der Waals surface area contributed by atoms with Crippen LogP contribution in [0.15, 0.2) is 0 Å². The largest absolute Gasteiger partial charge is 0.384 e. The van der Waals surface area contributed by atoms with Crippen LogP contribution in [0.1, 0.15) is 35.7 Å². The lowest BCUT2D eigenvalue weighted by Gasteiger charge is -2.26. The number of nitrogens with two attached hydrogens (primary N) is 1. The number of hydrogen-bond donors (Lipinski definition) is 2. The number of carbonyl (C=O) groups is 1. The number of nitrogens with zero attached hydrogens (tertiary/aromatic N) is 2. The quantitative estimate of drug-likeness (QED) is 0.758. The van der Waals surface area contributed by atoms with E-state index >= 15 is 0 Å². The van der Waals surface area contributed by atoms with Crippen LogP contribution in [0.3, 0.4) is 0 Å². The van der Waals surface area contributed by atoms with E-state index in [1.165, 1.54) is 0 Å². The molecule has 2 heterocycles. The summed E-state index contributed by atoms with van der Waals surface area (Å²) < 4.78 is 1.98. The predicted molar refractivity (Wildman–Crippen MR) is 64.3 cm³/mol. The fourth-order valence-corrected chi connectivity index (χ4v) is 2.41. The number of hydrogen-bond acceptors (Lipinski definition) is 3. The van der Waals surface area contributed by atoms with Gasteiger partial charge < -0.3 is 15.6 Å². The van der Waals surface area contributed by atoms with Crippen molar-refractivity contribution in [2.45, 2.75) is 32.7 Å². The summed E-state index contributed by atoms with van der Waals surface area (Å²) in [5.74, 6) is 0.602. The fraction of sp³-hybridized carbons (Fsp3) is 0.500. The molecular weight excluding hydrogens is 216 g/mol. The first-order valence-electron chi connectivity index (χ1n) is 5.70. The van der Waals surface area contributed by atoms with Gasteiger partial charge in [0.1, 0.15) is 11.9 Å². The Morgan fingerprint density at radius 2 is 2.24 bits per heavy atom. The number of nitrogens with one attached hydrogen (secondary N) is 1. The van der Waals surface area contributed by atoms with Crippen molar-refractivity contribution in [3.63, 3.8) is 0 Å². The molecule has 3 N–H and O–H groups in total. The van der Waals surface area contributed by atoms with Crippen LogP contribution < -0.4 is 11.1 Å². The van der Waals surface area contributed by atoms with Crippen molar-refractivity contribution in [2.75, 3.05) is 12.3 Å². The lowest BCUT2D eigenvalue weighted by atomic mass is 10.1. The van der Waals surface area contributed by atoms with Crippen LogP contribution in [0.4, 0.5) is 5.82 Å². The van der Waals surface area contributed by atoms with Gasteiger partial charge in [-0.3, -0.25) is 4.79 Å². The van der Waals surface area contributed by atoms with Gasteiger partial charge in [-0.05, 0) is 25.8 Å². The molecule has 0 aliphatic carbocycles. The number of nitrogen functional groups attached to an aromatic ring is 1. The number of amides is 1. The predicted octanol–water partition coefficient (Wildman–Crippen LogP) is 1.01. The first-order chi connectivity index (χ1) is 8.06. The molecule has 0 aromatic carbocycles. The zero-order chi connectivity index (χ0) is 12.6. The van der Waals surface area contributed by atoms with Crippen LogP contribution in [-0.2, 0) is 4.79 Å². The maximum atomic E-state index is 11.1. The van der Waals surface area contributed by atoms with Crippen LogP contribution >= 0.6 is 0 Å². The molecule has 1 saturated heterocycles. The van der Waals surface area contributed by atoms with Crippen LogP contribution in [0.5, 0.6) is 0 Å². The molecule has 2 rings (SSSR count). The molecule has 0 spiro atoms. The molecule has 1 aromatic rings. The van der Waals surface area contributed by atoms with Crippen molar-refractivity contribution in [3.05, 3.63) is 16.8 Å². The van der Waals surface area contributed by atoms with Crippen molar-refractivity contribution >= 4 is 11.7 Å². The third-order valence-corrected chi connectivity index (χ3v) is 3.51. The second-order valence-electron chi connectivity index (χ2n) is 4.45. The molecule has 17 heavy (non-hydrogen) atoms. The molecule has 1 aliphatic heterocycles. The molecular formula is C12H16N4O. The van der Waals surface area contributed by atoms with Crippen molar-refractivity contribution < 1.29 is 4.79 Å². The number of anilines is 1. The Kier molecular flexibility index (Phi) is 2.80. The summed E-state index contributed by atoms with van der Waals surface area (Å²) >= 11 is 0. The summed E-state index contributed by atoms with van der Waals surface area (Å²) in [6, 6.07) is 2.30. The smallest absolute Gasteiger partial charge is 0.220 e. The molecule has 1 aromatic heterocycles. The van der Waals surface area contributed by atoms with Gasteiger partial charge >= 0.3 is 0 Å². The van der Waals surface area contributed by atoms with Gasteiger partial charge in [0.2, 0.25) is 5.91 Å². The van der Waals surface area contributed by atoms with Crippen LogP contribution in [0.25, 0.3) is 0 Å². The molecule has 1 aliphatic rings. The van der Waals surface area contributed by atoms with Gasteiger partial charge in [-0.1, -0.05) is 0 Å². The minimum Gasteiger partial charge on any atom is -0.384 e. The Balaban J connectivity index is 2.40. The number of aromatic nitrogens is 1. The molecule has 0 radical (unpaired) electrons. The van der Waals surface area contributed by atoms with E-state index in [-0.39, 0.29) is 11.9 Å². The molecule has 1 unspecified atom stereocenters. The van der Waals surface area contributed by atoms with Crippen LogP contribution in [0.2, 0.25) is 0 Å². The van der Waals surface area contributed by atoms with Crippen molar-refractivity contribution in [2.24, 2.45) is 0 Å². The summed E-state index contributed by atoms with van der Waals surface area (Å²) in [6.07, 6.45) is 1.29. The highest BCUT2D eigenvalue weighted by Crippen LogP contribution is 2.30. The first kappa shape index (κ1) is 11.5. The highest BCUT2D eigenvalue weighted by atomic mass is 16.1. The molecule has 90 valence electrons. The fourth-order valence-electron chi connectivity index (χ4n) is 2.41. The third kappa shape index (κ3) is 1.76. The lowest BCUT2D eigenvalue weighted by Crippen LogP contribution is -2.36. The van der Waals surface area contributed by atoms with E-state index in [0.717, 1.165) is 17.7 Å². The average Bonchev–Trinajstić information content (AvgIpc) is 2.52. The van der Waals surface area contributed by atoms with Crippen molar-refractivity contribution in [1.82, 2.24) is 9.88 Å². The Bertz CT molecular complexity index is 500. The van der Waals surface area contributed by atoms with Crippen LogP contribution in [-0.4, -0.2) is 17.0 Å². The van der Waals surface area contributed by atoms with E-state index in [1.54, 1.807) is 0 Å². The number of piperidine rings is 1. The summed E-state index contributed by atoms with van der Waals surface area (Å²) in [5.41, 5.74) is 8.51. The second-order valence-corrected chi connectivity index (χ2v) is 4.45. The zero-order valence-electron chi connectivity index (χ0n) is 10.1. The van der Waals surface area contributed by atoms with Crippen molar-refractivity contribution in [3.8, 4) is 6.07 Å². The molecule has 0 saturated carbocycles. The van der Waals surface area contributed by atoms with E-state index in [0.29, 0.717) is 24.3 Å². The second kappa shape index (κ2) is 4.13. The van der Waals surface area contributed by atoms with Gasteiger partial charge in [0, 0.05) is 18.7 Å². The van der Waals surface area contributed by atoms with E-state index < -0.39 is 0 Å².